The van der Waals surface area contributed by atoms with Crippen LogP contribution in [0.1, 0.15) is 30.6 Å². The van der Waals surface area contributed by atoms with Crippen molar-refractivity contribution in [3.8, 4) is 0 Å². The molecule has 1 aromatic rings. The van der Waals surface area contributed by atoms with Crippen molar-refractivity contribution in [2.75, 3.05) is 7.11 Å². The molecule has 1 heterocycles. The lowest BCUT2D eigenvalue weighted by atomic mass is 9.90. The lowest BCUT2D eigenvalue weighted by Gasteiger charge is -2.33. The van der Waals surface area contributed by atoms with Gasteiger partial charge in [-0.2, -0.15) is 0 Å². The number of methoxy groups -OCH3 is 1. The summed E-state index contributed by atoms with van der Waals surface area (Å²) in [6.45, 7) is 0. The maximum Gasteiger partial charge on any atom is 0.0832 e. The van der Waals surface area contributed by atoms with Gasteiger partial charge < -0.3 is 10.5 Å². The summed E-state index contributed by atoms with van der Waals surface area (Å²) in [5, 5.41) is 0. The number of halogens is 1. The lowest BCUT2D eigenvalue weighted by Crippen LogP contribution is -2.48. The van der Waals surface area contributed by atoms with Gasteiger partial charge in [-0.15, -0.1) is 11.3 Å². The van der Waals surface area contributed by atoms with Crippen LogP contribution < -0.4 is 5.73 Å². The number of ether oxygens (including phenoxy) is 1. The van der Waals surface area contributed by atoms with Crippen molar-refractivity contribution in [3.05, 3.63) is 20.8 Å². The first-order valence-electron chi connectivity index (χ1n) is 5.71. The van der Waals surface area contributed by atoms with E-state index in [0.29, 0.717) is 0 Å². The molecule has 1 aliphatic rings. The van der Waals surface area contributed by atoms with Gasteiger partial charge in [0, 0.05) is 18.0 Å². The fourth-order valence-electron chi connectivity index (χ4n) is 2.56. The third-order valence-corrected chi connectivity index (χ3v) is 5.23. The molecule has 0 radical (unpaired) electrons. The molecule has 2 N–H and O–H groups in total. The van der Waals surface area contributed by atoms with Crippen molar-refractivity contribution in [2.45, 2.75) is 43.7 Å². The number of rotatable bonds is 4. The lowest BCUT2D eigenvalue weighted by molar-refractivity contribution is -0.0251. The van der Waals surface area contributed by atoms with E-state index in [9.17, 15) is 0 Å². The molecule has 1 atom stereocenters. The largest absolute Gasteiger partial charge is 0.377 e. The zero-order chi connectivity index (χ0) is 11.6. The third kappa shape index (κ3) is 2.50. The monoisotopic (exact) mass is 303 g/mol. The van der Waals surface area contributed by atoms with Gasteiger partial charge >= 0.3 is 0 Å². The zero-order valence-corrected chi connectivity index (χ0v) is 11.9. The first-order valence-corrected chi connectivity index (χ1v) is 7.32. The maximum atomic E-state index is 6.33. The smallest absolute Gasteiger partial charge is 0.0832 e. The Morgan fingerprint density at radius 2 is 2.19 bits per heavy atom. The minimum Gasteiger partial charge on any atom is -0.377 e. The molecule has 0 amide bonds. The standard InChI is InChI=1S/C12H18BrNOS/c1-15-12(6-2-3-7-12)10(14)8-9-4-5-11(13)16-9/h4-5,10H,2-3,6-8,14H2,1H3. The van der Waals surface area contributed by atoms with Crippen LogP contribution >= 0.6 is 27.3 Å². The van der Waals surface area contributed by atoms with Gasteiger partial charge in [0.2, 0.25) is 0 Å². The van der Waals surface area contributed by atoms with Crippen molar-refractivity contribution < 1.29 is 4.74 Å². The molecule has 1 fully saturated rings. The average Bonchev–Trinajstić information content (AvgIpc) is 2.88. The number of hydrogen-bond donors (Lipinski definition) is 1. The average molecular weight is 304 g/mol. The third-order valence-electron chi connectivity index (χ3n) is 3.58. The Morgan fingerprint density at radius 3 is 2.69 bits per heavy atom. The molecule has 0 aromatic carbocycles. The quantitative estimate of drug-likeness (QED) is 0.926. The predicted molar refractivity (Wildman–Crippen MR) is 71.9 cm³/mol. The fourth-order valence-corrected chi connectivity index (χ4v) is 4.11. The Balaban J connectivity index is 2.03. The Bertz CT molecular complexity index is 347. The molecule has 0 saturated heterocycles. The Morgan fingerprint density at radius 1 is 1.50 bits per heavy atom. The van der Waals surface area contributed by atoms with E-state index in [2.05, 4.69) is 28.1 Å². The minimum atomic E-state index is -0.0730. The first-order chi connectivity index (χ1) is 7.66. The topological polar surface area (TPSA) is 35.2 Å². The summed E-state index contributed by atoms with van der Waals surface area (Å²) in [5.41, 5.74) is 6.26. The van der Waals surface area contributed by atoms with Gasteiger partial charge in [-0.1, -0.05) is 12.8 Å². The van der Waals surface area contributed by atoms with Crippen molar-refractivity contribution in [2.24, 2.45) is 5.73 Å². The van der Waals surface area contributed by atoms with Crippen LogP contribution in [0, 0.1) is 0 Å². The van der Waals surface area contributed by atoms with E-state index in [1.54, 1.807) is 18.4 Å². The molecule has 16 heavy (non-hydrogen) atoms. The zero-order valence-electron chi connectivity index (χ0n) is 9.54. The number of hydrogen-bond acceptors (Lipinski definition) is 3. The van der Waals surface area contributed by atoms with Crippen molar-refractivity contribution in [1.29, 1.82) is 0 Å². The van der Waals surface area contributed by atoms with E-state index in [1.165, 1.54) is 21.5 Å². The van der Waals surface area contributed by atoms with Crippen LogP contribution in [0.25, 0.3) is 0 Å². The molecule has 0 spiro atoms. The summed E-state index contributed by atoms with van der Waals surface area (Å²) in [7, 11) is 1.80. The molecule has 0 bridgehead atoms. The SMILES string of the molecule is COC1(C(N)Cc2ccc(Br)s2)CCCC1. The van der Waals surface area contributed by atoms with Crippen LogP contribution in [0.15, 0.2) is 15.9 Å². The van der Waals surface area contributed by atoms with E-state index >= 15 is 0 Å². The summed E-state index contributed by atoms with van der Waals surface area (Å²) in [4.78, 5) is 1.34. The van der Waals surface area contributed by atoms with Gasteiger partial charge in [-0.25, -0.2) is 0 Å². The fraction of sp³-hybridized carbons (Fsp3) is 0.667. The second-order valence-electron chi connectivity index (χ2n) is 4.49. The van der Waals surface area contributed by atoms with Crippen LogP contribution in [0.4, 0.5) is 0 Å². The van der Waals surface area contributed by atoms with Crippen molar-refractivity contribution in [1.82, 2.24) is 0 Å². The molecular formula is C12H18BrNOS. The van der Waals surface area contributed by atoms with E-state index in [4.69, 9.17) is 10.5 Å². The van der Waals surface area contributed by atoms with Crippen LogP contribution in [0.2, 0.25) is 0 Å². The van der Waals surface area contributed by atoms with Gasteiger partial charge in [0.15, 0.2) is 0 Å². The molecule has 2 nitrogen and oxygen atoms in total. The summed E-state index contributed by atoms with van der Waals surface area (Å²) in [6.07, 6.45) is 5.63. The minimum absolute atomic E-state index is 0.0730. The number of nitrogens with two attached hydrogens (primary N) is 1. The molecule has 1 saturated carbocycles. The van der Waals surface area contributed by atoms with Gasteiger partial charge in [-0.3, -0.25) is 0 Å². The van der Waals surface area contributed by atoms with E-state index in [-0.39, 0.29) is 11.6 Å². The molecule has 0 aliphatic heterocycles. The molecule has 1 aliphatic carbocycles. The van der Waals surface area contributed by atoms with E-state index in [0.717, 1.165) is 19.3 Å². The Labute approximate surface area is 109 Å². The van der Waals surface area contributed by atoms with Gasteiger partial charge in [0.25, 0.3) is 0 Å². The van der Waals surface area contributed by atoms with Crippen LogP contribution in [-0.2, 0) is 11.2 Å². The Hall–Kier alpha value is 0.1000. The molecule has 4 heteroatoms. The Kier molecular flexibility index (Phi) is 4.06. The molecule has 2 rings (SSSR count). The highest BCUT2D eigenvalue weighted by Crippen LogP contribution is 2.36. The molecular weight excluding hydrogens is 286 g/mol. The van der Waals surface area contributed by atoms with Crippen LogP contribution in [-0.4, -0.2) is 18.8 Å². The molecule has 90 valence electrons. The first kappa shape index (κ1) is 12.6. The summed E-state index contributed by atoms with van der Waals surface area (Å²) < 4.78 is 6.88. The van der Waals surface area contributed by atoms with Crippen LogP contribution in [0.5, 0.6) is 0 Å². The highest BCUT2D eigenvalue weighted by Gasteiger charge is 2.39. The van der Waals surface area contributed by atoms with E-state index < -0.39 is 0 Å². The predicted octanol–water partition coefficient (Wildman–Crippen LogP) is 3.34. The van der Waals surface area contributed by atoms with Crippen LogP contribution in [0.3, 0.4) is 0 Å². The normalized spacial score (nSPS) is 21.2. The summed E-state index contributed by atoms with van der Waals surface area (Å²) >= 11 is 5.25. The number of thiophene rings is 1. The summed E-state index contributed by atoms with van der Waals surface area (Å²) in [5.74, 6) is 0. The second-order valence-corrected chi connectivity index (χ2v) is 7.04. The van der Waals surface area contributed by atoms with Gasteiger partial charge in [0.05, 0.1) is 9.39 Å². The van der Waals surface area contributed by atoms with E-state index in [1.807, 2.05) is 0 Å². The van der Waals surface area contributed by atoms with Gasteiger partial charge in [0.1, 0.15) is 0 Å². The second kappa shape index (κ2) is 5.17. The summed E-state index contributed by atoms with van der Waals surface area (Å²) in [6, 6.07) is 4.35. The van der Waals surface area contributed by atoms with Gasteiger partial charge in [-0.05, 0) is 47.3 Å². The molecule has 1 aromatic heterocycles. The van der Waals surface area contributed by atoms with Crippen molar-refractivity contribution >= 4 is 27.3 Å². The van der Waals surface area contributed by atoms with Crippen molar-refractivity contribution in [3.63, 3.8) is 0 Å². The molecule has 1 unspecified atom stereocenters. The highest BCUT2D eigenvalue weighted by molar-refractivity contribution is 9.11. The maximum absolute atomic E-state index is 6.33. The highest BCUT2D eigenvalue weighted by atomic mass is 79.9.